The summed E-state index contributed by atoms with van der Waals surface area (Å²) in [5.41, 5.74) is 5.28. The number of hydrogen-bond acceptors (Lipinski definition) is 5. The summed E-state index contributed by atoms with van der Waals surface area (Å²) in [6.45, 7) is 0. The highest BCUT2D eigenvalue weighted by Gasteiger charge is 2.22. The highest BCUT2D eigenvalue weighted by Crippen LogP contribution is 2.35. The molecule has 0 aliphatic heterocycles. The summed E-state index contributed by atoms with van der Waals surface area (Å²) in [6.07, 6.45) is 12.5. The lowest BCUT2D eigenvalue weighted by molar-refractivity contribution is 0.140. The summed E-state index contributed by atoms with van der Waals surface area (Å²) in [5, 5.41) is 24.0. The van der Waals surface area contributed by atoms with Crippen LogP contribution in [0, 0.1) is 0 Å². The highest BCUT2D eigenvalue weighted by atomic mass is 16.5. The standard InChI is InChI=1S/C26H28N2O3/c1-31-22-16-18(9-12-25(29)28-24-8-4-5-13-27-24)14-19(17-22)15-21-11-10-20-6-2-3-7-23(20)26(21)30/h2-9,12-15,17,22,25-26,29-30H,10-11,16H2,1H3,(H,27,28)/b12-9+,21-15+. The van der Waals surface area contributed by atoms with Gasteiger partial charge >= 0.3 is 0 Å². The monoisotopic (exact) mass is 416 g/mol. The Bertz CT molecular complexity index is 1020. The molecule has 0 saturated heterocycles. The third-order valence-corrected chi connectivity index (χ3v) is 5.66. The van der Waals surface area contributed by atoms with E-state index < -0.39 is 12.3 Å². The maximum Gasteiger partial charge on any atom is 0.145 e. The fourth-order valence-electron chi connectivity index (χ4n) is 4.06. The van der Waals surface area contributed by atoms with Crippen LogP contribution in [0.4, 0.5) is 5.82 Å². The normalized spacial score (nSPS) is 23.3. The first-order chi connectivity index (χ1) is 15.1. The van der Waals surface area contributed by atoms with Gasteiger partial charge in [-0.1, -0.05) is 48.6 Å². The minimum absolute atomic E-state index is 0.0505. The van der Waals surface area contributed by atoms with Crippen molar-refractivity contribution in [2.24, 2.45) is 0 Å². The molecular formula is C26H28N2O3. The number of aryl methyl sites for hydroxylation is 1. The van der Waals surface area contributed by atoms with Gasteiger partial charge in [0.15, 0.2) is 0 Å². The number of aliphatic hydroxyl groups is 2. The van der Waals surface area contributed by atoms with E-state index in [-0.39, 0.29) is 6.10 Å². The van der Waals surface area contributed by atoms with Crippen LogP contribution in [0.1, 0.15) is 30.1 Å². The summed E-state index contributed by atoms with van der Waals surface area (Å²) in [7, 11) is 1.70. The van der Waals surface area contributed by atoms with Crippen molar-refractivity contribution in [3.05, 3.63) is 107 Å². The molecule has 0 bridgehead atoms. The smallest absolute Gasteiger partial charge is 0.145 e. The minimum atomic E-state index is -0.846. The van der Waals surface area contributed by atoms with Crippen molar-refractivity contribution in [3.8, 4) is 0 Å². The molecule has 3 unspecified atom stereocenters. The summed E-state index contributed by atoms with van der Waals surface area (Å²) in [4.78, 5) is 4.16. The second kappa shape index (κ2) is 9.88. The predicted molar refractivity (Wildman–Crippen MR) is 122 cm³/mol. The van der Waals surface area contributed by atoms with E-state index in [1.54, 1.807) is 25.4 Å². The van der Waals surface area contributed by atoms with Crippen LogP contribution >= 0.6 is 0 Å². The molecule has 2 aromatic rings. The van der Waals surface area contributed by atoms with Gasteiger partial charge in [-0.15, -0.1) is 0 Å². The van der Waals surface area contributed by atoms with Gasteiger partial charge in [0, 0.05) is 19.7 Å². The predicted octanol–water partition coefficient (Wildman–Crippen LogP) is 4.25. The van der Waals surface area contributed by atoms with E-state index in [1.807, 2.05) is 36.4 Å². The first-order valence-corrected chi connectivity index (χ1v) is 10.6. The summed E-state index contributed by atoms with van der Waals surface area (Å²) in [5.74, 6) is 0.615. The molecule has 3 N–H and O–H groups in total. The lowest BCUT2D eigenvalue weighted by atomic mass is 9.84. The Labute approximate surface area is 183 Å². The number of nitrogens with zero attached hydrogens (tertiary/aromatic N) is 1. The van der Waals surface area contributed by atoms with Crippen molar-refractivity contribution in [2.75, 3.05) is 12.4 Å². The number of methoxy groups -OCH3 is 1. The first kappa shape index (κ1) is 21.2. The largest absolute Gasteiger partial charge is 0.384 e. The average Bonchev–Trinajstić information content (AvgIpc) is 2.80. The highest BCUT2D eigenvalue weighted by molar-refractivity contribution is 5.47. The first-order valence-electron chi connectivity index (χ1n) is 10.6. The van der Waals surface area contributed by atoms with Crippen LogP contribution < -0.4 is 5.32 Å². The van der Waals surface area contributed by atoms with Gasteiger partial charge in [0.25, 0.3) is 0 Å². The number of pyridine rings is 1. The fraction of sp³-hybridized carbons (Fsp3) is 0.269. The Balaban J connectivity index is 1.50. The van der Waals surface area contributed by atoms with Crippen LogP contribution in [0.3, 0.4) is 0 Å². The molecule has 4 rings (SSSR count). The molecule has 31 heavy (non-hydrogen) atoms. The SMILES string of the molecule is COC1C=C(/C=C2\CCc3ccccc3C2O)C=C(/C=C/C(O)Nc2ccccn2)C1. The molecule has 0 saturated carbocycles. The zero-order valence-electron chi connectivity index (χ0n) is 17.6. The third-order valence-electron chi connectivity index (χ3n) is 5.66. The van der Waals surface area contributed by atoms with Gasteiger partial charge in [-0.25, -0.2) is 4.98 Å². The lowest BCUT2D eigenvalue weighted by Gasteiger charge is -2.25. The molecule has 160 valence electrons. The van der Waals surface area contributed by atoms with E-state index in [0.29, 0.717) is 5.82 Å². The van der Waals surface area contributed by atoms with Gasteiger partial charge in [0.1, 0.15) is 18.1 Å². The molecule has 2 aliphatic carbocycles. The number of aliphatic hydroxyl groups excluding tert-OH is 2. The molecular weight excluding hydrogens is 388 g/mol. The van der Waals surface area contributed by atoms with Gasteiger partial charge in [-0.2, -0.15) is 0 Å². The van der Waals surface area contributed by atoms with E-state index in [4.69, 9.17) is 4.74 Å². The number of aromatic nitrogens is 1. The van der Waals surface area contributed by atoms with Crippen LogP contribution in [-0.4, -0.2) is 34.6 Å². The van der Waals surface area contributed by atoms with E-state index in [2.05, 4.69) is 34.6 Å². The zero-order valence-corrected chi connectivity index (χ0v) is 17.6. The fourth-order valence-corrected chi connectivity index (χ4v) is 4.06. The summed E-state index contributed by atoms with van der Waals surface area (Å²) < 4.78 is 5.60. The minimum Gasteiger partial charge on any atom is -0.384 e. The maximum atomic E-state index is 10.8. The molecule has 2 aliphatic rings. The van der Waals surface area contributed by atoms with E-state index in [0.717, 1.165) is 41.5 Å². The molecule has 0 radical (unpaired) electrons. The van der Waals surface area contributed by atoms with Gasteiger partial charge in [-0.05, 0) is 65.0 Å². The van der Waals surface area contributed by atoms with Crippen molar-refractivity contribution < 1.29 is 14.9 Å². The second-order valence-corrected chi connectivity index (χ2v) is 7.85. The summed E-state index contributed by atoms with van der Waals surface area (Å²) in [6, 6.07) is 13.6. The third kappa shape index (κ3) is 5.39. The Morgan fingerprint density at radius 3 is 2.81 bits per heavy atom. The van der Waals surface area contributed by atoms with Crippen molar-refractivity contribution in [3.63, 3.8) is 0 Å². The average molecular weight is 417 g/mol. The van der Waals surface area contributed by atoms with Crippen molar-refractivity contribution >= 4 is 5.82 Å². The van der Waals surface area contributed by atoms with E-state index >= 15 is 0 Å². The van der Waals surface area contributed by atoms with Crippen LogP contribution in [0.5, 0.6) is 0 Å². The van der Waals surface area contributed by atoms with Crippen LogP contribution in [0.2, 0.25) is 0 Å². The number of allylic oxidation sites excluding steroid dienone is 4. The van der Waals surface area contributed by atoms with Crippen molar-refractivity contribution in [1.29, 1.82) is 0 Å². The Morgan fingerprint density at radius 1 is 1.16 bits per heavy atom. The van der Waals surface area contributed by atoms with Gasteiger partial charge in [0.05, 0.1) is 6.10 Å². The van der Waals surface area contributed by atoms with Gasteiger partial charge in [-0.3, -0.25) is 0 Å². The van der Waals surface area contributed by atoms with Crippen molar-refractivity contribution in [1.82, 2.24) is 4.98 Å². The Morgan fingerprint density at radius 2 is 2.00 bits per heavy atom. The number of rotatable bonds is 6. The molecule has 0 fully saturated rings. The molecule has 3 atom stereocenters. The van der Waals surface area contributed by atoms with E-state index in [9.17, 15) is 10.2 Å². The second-order valence-electron chi connectivity index (χ2n) is 7.85. The molecule has 1 aromatic heterocycles. The topological polar surface area (TPSA) is 74.6 Å². The molecule has 0 spiro atoms. The number of fused-ring (bicyclic) bond motifs is 1. The zero-order chi connectivity index (χ0) is 21.6. The van der Waals surface area contributed by atoms with Gasteiger partial charge in [0.2, 0.25) is 0 Å². The number of hydrogen-bond donors (Lipinski definition) is 3. The lowest BCUT2D eigenvalue weighted by Crippen LogP contribution is -2.17. The molecule has 5 heteroatoms. The Kier molecular flexibility index (Phi) is 6.77. The number of benzene rings is 1. The molecule has 1 heterocycles. The molecule has 5 nitrogen and oxygen atoms in total. The summed E-state index contributed by atoms with van der Waals surface area (Å²) >= 11 is 0. The quantitative estimate of drug-likeness (QED) is 0.614. The molecule has 1 aromatic carbocycles. The number of ether oxygens (including phenoxy) is 1. The van der Waals surface area contributed by atoms with Crippen LogP contribution in [0.25, 0.3) is 0 Å². The maximum absolute atomic E-state index is 10.8. The van der Waals surface area contributed by atoms with Crippen LogP contribution in [-0.2, 0) is 11.2 Å². The number of anilines is 1. The van der Waals surface area contributed by atoms with Crippen molar-refractivity contribution in [2.45, 2.75) is 37.7 Å². The molecule has 0 amide bonds. The Hall–Kier alpha value is -2.99. The van der Waals surface area contributed by atoms with Gasteiger partial charge < -0.3 is 20.3 Å². The van der Waals surface area contributed by atoms with Crippen LogP contribution in [0.15, 0.2) is 95.8 Å². The number of nitrogens with one attached hydrogen (secondary N) is 1. The van der Waals surface area contributed by atoms with E-state index in [1.165, 1.54) is 5.56 Å².